The Morgan fingerprint density at radius 1 is 1.24 bits per heavy atom. The number of nitrogens with zero attached hydrogens (tertiary/aromatic N) is 4. The summed E-state index contributed by atoms with van der Waals surface area (Å²) in [5.41, 5.74) is 2.51. The number of aryl methyl sites for hydroxylation is 1. The molecule has 0 saturated heterocycles. The zero-order valence-corrected chi connectivity index (χ0v) is 17.8. The molecular formula is C18H29IN6. The van der Waals surface area contributed by atoms with E-state index >= 15 is 0 Å². The third-order valence-corrected chi connectivity index (χ3v) is 3.97. The van der Waals surface area contributed by atoms with Crippen molar-refractivity contribution in [3.05, 3.63) is 53.9 Å². The lowest BCUT2D eigenvalue weighted by Gasteiger charge is -2.24. The topological polar surface area (TPSA) is 57.5 Å². The largest absolute Gasteiger partial charge is 0.356 e. The summed E-state index contributed by atoms with van der Waals surface area (Å²) >= 11 is 0. The van der Waals surface area contributed by atoms with Crippen molar-refractivity contribution in [3.63, 3.8) is 0 Å². The average Bonchev–Trinajstić information content (AvgIpc) is 3.00. The van der Waals surface area contributed by atoms with Gasteiger partial charge < -0.3 is 15.5 Å². The van der Waals surface area contributed by atoms with Crippen LogP contribution in [0.5, 0.6) is 0 Å². The van der Waals surface area contributed by atoms with Gasteiger partial charge in [0.1, 0.15) is 0 Å². The molecule has 0 spiro atoms. The molecule has 0 aliphatic heterocycles. The quantitative estimate of drug-likeness (QED) is 0.381. The number of hydrogen-bond donors (Lipinski definition) is 2. The van der Waals surface area contributed by atoms with Gasteiger partial charge in [-0.15, -0.1) is 24.0 Å². The molecule has 1 atom stereocenters. The van der Waals surface area contributed by atoms with E-state index in [4.69, 9.17) is 0 Å². The minimum Gasteiger partial charge on any atom is -0.356 e. The summed E-state index contributed by atoms with van der Waals surface area (Å²) in [6.45, 7) is 1.62. The molecule has 25 heavy (non-hydrogen) atoms. The van der Waals surface area contributed by atoms with Crippen LogP contribution < -0.4 is 10.6 Å². The molecule has 1 heterocycles. The Labute approximate surface area is 167 Å². The molecule has 7 heteroatoms. The Hall–Kier alpha value is -1.61. The second-order valence-electron chi connectivity index (χ2n) is 6.04. The van der Waals surface area contributed by atoms with Gasteiger partial charge in [0.15, 0.2) is 5.96 Å². The minimum absolute atomic E-state index is 0. The lowest BCUT2D eigenvalue weighted by Crippen LogP contribution is -2.42. The molecule has 0 bridgehead atoms. The maximum atomic E-state index is 4.30. The highest BCUT2D eigenvalue weighted by Crippen LogP contribution is 2.15. The molecule has 0 radical (unpaired) electrons. The van der Waals surface area contributed by atoms with E-state index in [1.54, 1.807) is 7.05 Å². The number of rotatable bonds is 7. The van der Waals surface area contributed by atoms with E-state index in [2.05, 4.69) is 70.2 Å². The molecule has 0 fully saturated rings. The summed E-state index contributed by atoms with van der Waals surface area (Å²) in [5, 5.41) is 11.0. The Kier molecular flexibility index (Phi) is 9.51. The fraction of sp³-hybridized carbons (Fsp3) is 0.444. The normalized spacial score (nSPS) is 12.6. The highest BCUT2D eigenvalue weighted by molar-refractivity contribution is 14.0. The number of halogens is 1. The Balaban J connectivity index is 0.00000312. The van der Waals surface area contributed by atoms with E-state index in [1.807, 2.05) is 24.0 Å². The zero-order chi connectivity index (χ0) is 17.4. The van der Waals surface area contributed by atoms with Crippen molar-refractivity contribution in [2.45, 2.75) is 12.5 Å². The van der Waals surface area contributed by atoms with E-state index in [-0.39, 0.29) is 30.0 Å². The molecule has 2 rings (SSSR count). The van der Waals surface area contributed by atoms with Crippen molar-refractivity contribution in [2.75, 3.05) is 34.2 Å². The van der Waals surface area contributed by atoms with E-state index < -0.39 is 0 Å². The predicted octanol–water partition coefficient (Wildman–Crippen LogP) is 2.05. The summed E-state index contributed by atoms with van der Waals surface area (Å²) in [6, 6.07) is 10.7. The van der Waals surface area contributed by atoms with Crippen molar-refractivity contribution < 1.29 is 0 Å². The van der Waals surface area contributed by atoms with Gasteiger partial charge in [-0.25, -0.2) is 0 Å². The van der Waals surface area contributed by atoms with Crippen LogP contribution in [-0.4, -0.2) is 54.9 Å². The van der Waals surface area contributed by atoms with Gasteiger partial charge in [-0.1, -0.05) is 30.3 Å². The number of benzene rings is 1. The first-order valence-corrected chi connectivity index (χ1v) is 8.23. The van der Waals surface area contributed by atoms with Crippen molar-refractivity contribution in [3.8, 4) is 0 Å². The number of guanidine groups is 1. The van der Waals surface area contributed by atoms with Crippen molar-refractivity contribution in [1.82, 2.24) is 25.3 Å². The minimum atomic E-state index is 0. The van der Waals surface area contributed by atoms with Gasteiger partial charge in [-0.3, -0.25) is 9.67 Å². The average molecular weight is 456 g/mol. The molecule has 1 aromatic carbocycles. The Morgan fingerprint density at radius 3 is 2.52 bits per heavy atom. The Morgan fingerprint density at radius 2 is 1.96 bits per heavy atom. The zero-order valence-electron chi connectivity index (χ0n) is 15.4. The first kappa shape index (κ1) is 21.4. The van der Waals surface area contributed by atoms with Crippen molar-refractivity contribution >= 4 is 29.9 Å². The highest BCUT2D eigenvalue weighted by Gasteiger charge is 2.16. The lowest BCUT2D eigenvalue weighted by molar-refractivity contribution is 0.298. The highest BCUT2D eigenvalue weighted by atomic mass is 127. The number of aliphatic imine (C=N–C) groups is 1. The smallest absolute Gasteiger partial charge is 0.191 e. The van der Waals surface area contributed by atoms with Crippen LogP contribution in [0.2, 0.25) is 0 Å². The van der Waals surface area contributed by atoms with E-state index in [0.29, 0.717) is 0 Å². The van der Waals surface area contributed by atoms with E-state index in [0.717, 1.165) is 25.5 Å². The molecule has 2 N–H and O–H groups in total. The van der Waals surface area contributed by atoms with Crippen LogP contribution in [-0.2, 0) is 13.5 Å². The predicted molar refractivity (Wildman–Crippen MR) is 115 cm³/mol. The molecule has 138 valence electrons. The van der Waals surface area contributed by atoms with Crippen LogP contribution in [0.15, 0.2) is 47.7 Å². The van der Waals surface area contributed by atoms with Gasteiger partial charge in [0, 0.05) is 38.9 Å². The van der Waals surface area contributed by atoms with Crippen molar-refractivity contribution in [2.24, 2.45) is 12.0 Å². The molecule has 6 nitrogen and oxygen atoms in total. The summed E-state index contributed by atoms with van der Waals surface area (Å²) in [4.78, 5) is 6.49. The molecule has 0 amide bonds. The van der Waals surface area contributed by atoms with Gasteiger partial charge in [0.2, 0.25) is 0 Å². The summed E-state index contributed by atoms with van der Waals surface area (Å²) in [7, 11) is 7.89. The van der Waals surface area contributed by atoms with Crippen LogP contribution in [0.4, 0.5) is 0 Å². The standard InChI is InChI=1S/C18H28N6.HI/c1-19-18(20-11-10-15-8-6-5-7-9-15)21-13-17(23(2)3)16-12-22-24(4)14-16;/h5-9,12,14,17H,10-11,13H2,1-4H3,(H2,19,20,21);1H. The third kappa shape index (κ3) is 7.03. The van der Waals surface area contributed by atoms with Crippen LogP contribution in [0.1, 0.15) is 17.2 Å². The van der Waals surface area contributed by atoms with E-state index in [9.17, 15) is 0 Å². The SMILES string of the molecule is CN=C(NCCc1ccccc1)NCC(c1cnn(C)c1)N(C)C.I. The third-order valence-electron chi connectivity index (χ3n) is 3.97. The molecule has 0 aliphatic rings. The van der Waals surface area contributed by atoms with Crippen LogP contribution in [0.3, 0.4) is 0 Å². The van der Waals surface area contributed by atoms with Crippen LogP contribution >= 0.6 is 24.0 Å². The first-order valence-electron chi connectivity index (χ1n) is 8.23. The Bertz CT molecular complexity index is 638. The lowest BCUT2D eigenvalue weighted by atomic mass is 10.1. The molecular weight excluding hydrogens is 427 g/mol. The number of nitrogens with one attached hydrogen (secondary N) is 2. The molecule has 1 unspecified atom stereocenters. The molecule has 0 aliphatic carbocycles. The summed E-state index contributed by atoms with van der Waals surface area (Å²) in [5.74, 6) is 0.821. The van der Waals surface area contributed by atoms with Gasteiger partial charge >= 0.3 is 0 Å². The molecule has 2 aromatic rings. The van der Waals surface area contributed by atoms with Crippen molar-refractivity contribution in [1.29, 1.82) is 0 Å². The summed E-state index contributed by atoms with van der Waals surface area (Å²) < 4.78 is 1.83. The number of aromatic nitrogens is 2. The summed E-state index contributed by atoms with van der Waals surface area (Å²) in [6.07, 6.45) is 4.94. The van der Waals surface area contributed by atoms with Crippen LogP contribution in [0.25, 0.3) is 0 Å². The van der Waals surface area contributed by atoms with Gasteiger partial charge in [-0.2, -0.15) is 5.10 Å². The maximum absolute atomic E-state index is 4.30. The fourth-order valence-electron chi connectivity index (χ4n) is 2.59. The number of hydrogen-bond acceptors (Lipinski definition) is 3. The van der Waals surface area contributed by atoms with Crippen LogP contribution in [0, 0.1) is 0 Å². The van der Waals surface area contributed by atoms with Gasteiger partial charge in [0.05, 0.1) is 12.2 Å². The van der Waals surface area contributed by atoms with E-state index in [1.165, 1.54) is 11.1 Å². The maximum Gasteiger partial charge on any atom is 0.191 e. The second-order valence-corrected chi connectivity index (χ2v) is 6.04. The van der Waals surface area contributed by atoms with Gasteiger partial charge in [-0.05, 0) is 26.1 Å². The first-order chi connectivity index (χ1) is 11.6. The monoisotopic (exact) mass is 456 g/mol. The fourth-order valence-corrected chi connectivity index (χ4v) is 2.59. The van der Waals surface area contributed by atoms with Gasteiger partial charge in [0.25, 0.3) is 0 Å². The molecule has 1 aromatic heterocycles. The second kappa shape index (κ2) is 11.1. The molecule has 0 saturated carbocycles. The number of likely N-dealkylation sites (N-methyl/N-ethyl adjacent to an activating group) is 1.